The molecule has 0 aromatic heterocycles. The van der Waals surface area contributed by atoms with Gasteiger partial charge in [-0.2, -0.15) is 0 Å². The summed E-state index contributed by atoms with van der Waals surface area (Å²) < 4.78 is 33.5. The van der Waals surface area contributed by atoms with Gasteiger partial charge in [0.25, 0.3) is 5.91 Å². The second-order valence-electron chi connectivity index (χ2n) is 8.85. The molecule has 34 heavy (non-hydrogen) atoms. The van der Waals surface area contributed by atoms with Crippen molar-refractivity contribution in [2.75, 3.05) is 32.1 Å². The summed E-state index contributed by atoms with van der Waals surface area (Å²) in [4.78, 5) is 26.3. The van der Waals surface area contributed by atoms with Crippen LogP contribution in [0.25, 0.3) is 0 Å². The molecule has 1 atom stereocenters. The fraction of sp³-hybridized carbons (Fsp3) is 0.440. The zero-order valence-electron chi connectivity index (χ0n) is 20.1. The Morgan fingerprint density at radius 1 is 1.09 bits per heavy atom. The van der Waals surface area contributed by atoms with E-state index in [1.54, 1.807) is 31.2 Å². The highest BCUT2D eigenvalue weighted by atomic mass is 32.2. The first kappa shape index (κ1) is 25.9. The van der Waals surface area contributed by atoms with Crippen LogP contribution >= 0.6 is 0 Å². The van der Waals surface area contributed by atoms with E-state index in [1.165, 1.54) is 13.2 Å². The zero-order chi connectivity index (χ0) is 24.9. The first-order chi connectivity index (χ1) is 16.1. The molecule has 0 bridgehead atoms. The van der Waals surface area contributed by atoms with Gasteiger partial charge in [-0.15, -0.1) is 0 Å². The number of anilines is 1. The van der Waals surface area contributed by atoms with E-state index in [4.69, 9.17) is 4.74 Å². The third-order valence-corrected chi connectivity index (χ3v) is 7.96. The Bertz CT molecular complexity index is 1140. The molecule has 0 radical (unpaired) electrons. The minimum atomic E-state index is -3.72. The lowest BCUT2D eigenvalue weighted by molar-refractivity contribution is -0.142. The van der Waals surface area contributed by atoms with Crippen molar-refractivity contribution in [1.82, 2.24) is 9.62 Å². The molecule has 0 spiro atoms. The number of sulfonamides is 1. The van der Waals surface area contributed by atoms with Crippen molar-refractivity contribution in [3.8, 4) is 0 Å². The highest BCUT2D eigenvalue weighted by Gasteiger charge is 2.28. The van der Waals surface area contributed by atoms with Gasteiger partial charge < -0.3 is 10.1 Å². The Balaban J connectivity index is 1.62. The van der Waals surface area contributed by atoms with Gasteiger partial charge in [0.1, 0.15) is 0 Å². The van der Waals surface area contributed by atoms with Gasteiger partial charge in [-0.25, -0.2) is 13.1 Å². The van der Waals surface area contributed by atoms with Crippen molar-refractivity contribution in [1.29, 1.82) is 0 Å². The highest BCUT2D eigenvalue weighted by Crippen LogP contribution is 2.24. The van der Waals surface area contributed by atoms with Crippen molar-refractivity contribution in [3.05, 3.63) is 59.2 Å². The van der Waals surface area contributed by atoms with Gasteiger partial charge in [0.2, 0.25) is 10.0 Å². The molecule has 2 N–H and O–H groups in total. The summed E-state index contributed by atoms with van der Waals surface area (Å²) in [6.07, 6.45) is 1.59. The molecule has 1 aliphatic rings. The summed E-state index contributed by atoms with van der Waals surface area (Å²) >= 11 is 0. The minimum absolute atomic E-state index is 0.161. The number of rotatable bonds is 8. The number of benzene rings is 2. The fourth-order valence-electron chi connectivity index (χ4n) is 4.23. The number of hydrogen-bond acceptors (Lipinski definition) is 6. The molecule has 2 aromatic carbocycles. The monoisotopic (exact) mass is 487 g/mol. The molecule has 1 unspecified atom stereocenters. The van der Waals surface area contributed by atoms with Crippen LogP contribution in [0.5, 0.6) is 0 Å². The molecule has 2 aromatic rings. The average molecular weight is 488 g/mol. The third-order valence-electron chi connectivity index (χ3n) is 6.41. The number of nitrogens with zero attached hydrogens (tertiary/aromatic N) is 1. The molecule has 1 aliphatic heterocycles. The van der Waals surface area contributed by atoms with Crippen LogP contribution in [0.2, 0.25) is 0 Å². The van der Waals surface area contributed by atoms with E-state index in [2.05, 4.69) is 10.0 Å². The van der Waals surface area contributed by atoms with Crippen LogP contribution in [0, 0.1) is 19.8 Å². The molecule has 1 amide bonds. The van der Waals surface area contributed by atoms with Crippen molar-refractivity contribution < 1.29 is 22.7 Å². The van der Waals surface area contributed by atoms with E-state index in [0.29, 0.717) is 16.8 Å². The van der Waals surface area contributed by atoms with E-state index in [1.807, 2.05) is 30.9 Å². The predicted molar refractivity (Wildman–Crippen MR) is 131 cm³/mol. The van der Waals surface area contributed by atoms with E-state index in [-0.39, 0.29) is 35.3 Å². The molecule has 0 saturated carbocycles. The van der Waals surface area contributed by atoms with Crippen molar-refractivity contribution in [3.63, 3.8) is 0 Å². The lowest BCUT2D eigenvalue weighted by Crippen LogP contribution is -2.45. The Morgan fingerprint density at radius 2 is 1.76 bits per heavy atom. The van der Waals surface area contributed by atoms with Crippen LogP contribution < -0.4 is 10.0 Å². The average Bonchev–Trinajstić information content (AvgIpc) is 2.80. The molecular weight excluding hydrogens is 454 g/mol. The Hall–Kier alpha value is -2.75. The zero-order valence-corrected chi connectivity index (χ0v) is 20.9. The molecule has 1 heterocycles. The highest BCUT2D eigenvalue weighted by molar-refractivity contribution is 7.89. The maximum atomic E-state index is 13.0. The molecule has 8 nitrogen and oxygen atoms in total. The van der Waals surface area contributed by atoms with Gasteiger partial charge in [-0.1, -0.05) is 18.2 Å². The number of likely N-dealkylation sites (tertiary alicyclic amines) is 1. The van der Waals surface area contributed by atoms with Gasteiger partial charge >= 0.3 is 5.97 Å². The Kier molecular flexibility index (Phi) is 8.46. The van der Waals surface area contributed by atoms with Gasteiger partial charge in [-0.3, -0.25) is 14.5 Å². The lowest BCUT2D eigenvalue weighted by atomic mass is 9.91. The van der Waals surface area contributed by atoms with Crippen LogP contribution in [0.4, 0.5) is 5.69 Å². The van der Waals surface area contributed by atoms with Crippen LogP contribution in [0.15, 0.2) is 47.4 Å². The smallest absolute Gasteiger partial charge is 0.319 e. The maximum absolute atomic E-state index is 13.0. The molecule has 3 rings (SSSR count). The van der Waals surface area contributed by atoms with Crippen molar-refractivity contribution in [2.24, 2.45) is 5.92 Å². The second-order valence-corrected chi connectivity index (χ2v) is 10.6. The third kappa shape index (κ3) is 6.43. The van der Waals surface area contributed by atoms with E-state index < -0.39 is 10.0 Å². The minimum Gasteiger partial charge on any atom is -0.468 e. The molecule has 1 saturated heterocycles. The SMILES string of the molecule is COC(=O)CN1CCC(C(C)NS(=O)(=O)c2ccc(NC(=O)c3ccccc3C)c(C)c2)CC1. The summed E-state index contributed by atoms with van der Waals surface area (Å²) in [5.41, 5.74) is 2.67. The standard InChI is InChI=1S/C25H33N3O5S/c1-17-7-5-6-8-22(17)25(30)26-23-10-9-21(15-18(23)2)34(31,32)27-19(3)20-11-13-28(14-12-20)16-24(29)33-4/h5-10,15,19-20,27H,11-14,16H2,1-4H3,(H,26,30). The van der Waals surface area contributed by atoms with E-state index in [9.17, 15) is 18.0 Å². The number of amides is 1. The molecule has 1 fully saturated rings. The number of methoxy groups -OCH3 is 1. The Morgan fingerprint density at radius 3 is 2.38 bits per heavy atom. The molecule has 9 heteroatoms. The first-order valence-corrected chi connectivity index (χ1v) is 12.9. The maximum Gasteiger partial charge on any atom is 0.319 e. The van der Waals surface area contributed by atoms with Gasteiger partial charge in [0.05, 0.1) is 18.6 Å². The number of aryl methyl sites for hydroxylation is 2. The predicted octanol–water partition coefficient (Wildman–Crippen LogP) is 3.11. The number of carbonyl (C=O) groups excluding carboxylic acids is 2. The summed E-state index contributed by atoms with van der Waals surface area (Å²) in [5, 5.41) is 2.87. The van der Waals surface area contributed by atoms with Crippen molar-refractivity contribution >= 4 is 27.6 Å². The van der Waals surface area contributed by atoms with Crippen LogP contribution in [0.1, 0.15) is 41.3 Å². The summed E-state index contributed by atoms with van der Waals surface area (Å²) in [6, 6.07) is 11.8. The van der Waals surface area contributed by atoms with Crippen LogP contribution in [0.3, 0.4) is 0 Å². The first-order valence-electron chi connectivity index (χ1n) is 11.4. The largest absolute Gasteiger partial charge is 0.468 e. The number of ether oxygens (including phenoxy) is 1. The van der Waals surface area contributed by atoms with Crippen molar-refractivity contribution in [2.45, 2.75) is 44.6 Å². The van der Waals surface area contributed by atoms with E-state index in [0.717, 1.165) is 31.5 Å². The van der Waals surface area contributed by atoms with Crippen LogP contribution in [-0.4, -0.2) is 58.0 Å². The summed E-state index contributed by atoms with van der Waals surface area (Å²) in [6.45, 7) is 7.22. The Labute approximate surface area is 201 Å². The quantitative estimate of drug-likeness (QED) is 0.555. The number of hydrogen-bond donors (Lipinski definition) is 2. The molecular formula is C25H33N3O5S. The normalized spacial score (nSPS) is 16.1. The fourth-order valence-corrected chi connectivity index (χ4v) is 5.63. The second kappa shape index (κ2) is 11.1. The molecule has 0 aliphatic carbocycles. The number of carbonyl (C=O) groups is 2. The summed E-state index contributed by atoms with van der Waals surface area (Å²) in [5.74, 6) is -0.319. The van der Waals surface area contributed by atoms with Crippen LogP contribution in [-0.2, 0) is 19.6 Å². The van der Waals surface area contributed by atoms with Gasteiger partial charge in [0.15, 0.2) is 0 Å². The van der Waals surface area contributed by atoms with E-state index >= 15 is 0 Å². The number of piperidine rings is 1. The molecule has 184 valence electrons. The summed E-state index contributed by atoms with van der Waals surface area (Å²) in [7, 11) is -2.35. The topological polar surface area (TPSA) is 105 Å². The van der Waals surface area contributed by atoms with Gasteiger partial charge in [0, 0.05) is 17.3 Å². The van der Waals surface area contributed by atoms with Gasteiger partial charge in [-0.05, 0) is 88.0 Å². The lowest BCUT2D eigenvalue weighted by Gasteiger charge is -2.34. The number of esters is 1. The number of nitrogens with one attached hydrogen (secondary N) is 2.